The summed E-state index contributed by atoms with van der Waals surface area (Å²) < 4.78 is 5.52. The number of nitrogens with zero attached hydrogens (tertiary/aromatic N) is 1. The second-order valence-corrected chi connectivity index (χ2v) is 11.1. The van der Waals surface area contributed by atoms with E-state index in [4.69, 9.17) is 9.57 Å². The van der Waals surface area contributed by atoms with Gasteiger partial charge in [0, 0.05) is 57.2 Å². The lowest BCUT2D eigenvalue weighted by molar-refractivity contribution is -0.919. The van der Waals surface area contributed by atoms with Crippen LogP contribution in [0.3, 0.4) is 0 Å². The van der Waals surface area contributed by atoms with Crippen molar-refractivity contribution in [3.63, 3.8) is 0 Å². The van der Waals surface area contributed by atoms with Crippen molar-refractivity contribution < 1.29 is 24.6 Å². The van der Waals surface area contributed by atoms with Crippen LogP contribution in [0.15, 0.2) is 0 Å². The summed E-state index contributed by atoms with van der Waals surface area (Å²) in [5, 5.41) is 9.49. The molecular weight excluding hydrogens is 420 g/mol. The van der Waals surface area contributed by atoms with E-state index in [0.717, 1.165) is 51.6 Å². The molecule has 188 valence electrons. The molecule has 4 heterocycles. The van der Waals surface area contributed by atoms with Crippen LogP contribution in [-0.2, 0) is 14.4 Å². The zero-order valence-corrected chi connectivity index (χ0v) is 20.4. The molecule has 1 aliphatic carbocycles. The number of likely N-dealkylation sites (tertiary alicyclic amines) is 1. The molecular formula is C24H46N6O3+2. The highest BCUT2D eigenvalue weighted by Crippen LogP contribution is 2.24. The molecule has 6 atom stereocenters. The van der Waals surface area contributed by atoms with Crippen LogP contribution in [0.25, 0.3) is 0 Å². The van der Waals surface area contributed by atoms with Crippen LogP contribution in [0.5, 0.6) is 0 Å². The molecule has 4 aliphatic heterocycles. The normalized spacial score (nSPS) is 42.9. The molecule has 9 heteroatoms. The second kappa shape index (κ2) is 11.3. The number of carbonyl (C=O) groups excluding carboxylic acids is 1. The highest BCUT2D eigenvalue weighted by atomic mass is 16.7. The van der Waals surface area contributed by atoms with Gasteiger partial charge in [-0.05, 0) is 32.1 Å². The number of amides is 1. The first kappa shape index (κ1) is 23.9. The summed E-state index contributed by atoms with van der Waals surface area (Å²) in [6, 6.07) is 0.937. The average Bonchev–Trinajstić information content (AvgIpc) is 3.50. The summed E-state index contributed by atoms with van der Waals surface area (Å²) in [6.07, 6.45) is 10.8. The Morgan fingerprint density at radius 3 is 2.67 bits per heavy atom. The number of carbonyl (C=O) groups is 1. The van der Waals surface area contributed by atoms with Crippen LogP contribution in [0.4, 0.5) is 0 Å². The largest absolute Gasteiger partial charge is 0.379 e. The first-order valence-electron chi connectivity index (χ1n) is 13.6. The Morgan fingerprint density at radius 2 is 1.94 bits per heavy atom. The van der Waals surface area contributed by atoms with Crippen molar-refractivity contribution in [3.8, 4) is 0 Å². The topological polar surface area (TPSA) is 95.9 Å². The molecule has 0 aromatic rings. The maximum Gasteiger partial charge on any atom is 0.217 e. The molecule has 9 nitrogen and oxygen atoms in total. The van der Waals surface area contributed by atoms with E-state index in [2.05, 4.69) is 26.3 Å². The molecule has 0 aromatic heterocycles. The number of hydrogen-bond acceptors (Lipinski definition) is 6. The van der Waals surface area contributed by atoms with Crippen molar-refractivity contribution in [2.24, 2.45) is 11.8 Å². The van der Waals surface area contributed by atoms with Gasteiger partial charge in [-0.25, -0.2) is 4.90 Å². The number of ether oxygens (including phenoxy) is 1. The van der Waals surface area contributed by atoms with E-state index >= 15 is 0 Å². The monoisotopic (exact) mass is 466 g/mol. The minimum Gasteiger partial charge on any atom is -0.379 e. The predicted molar refractivity (Wildman–Crippen MR) is 124 cm³/mol. The summed E-state index contributed by atoms with van der Waals surface area (Å²) in [6.45, 7) is 9.22. The fourth-order valence-corrected chi connectivity index (χ4v) is 7.04. The highest BCUT2D eigenvalue weighted by molar-refractivity contribution is 5.73. The molecule has 6 N–H and O–H groups in total. The molecule has 0 spiro atoms. The van der Waals surface area contributed by atoms with Gasteiger partial charge in [-0.1, -0.05) is 0 Å². The Balaban J connectivity index is 1.05. The molecule has 5 rings (SSSR count). The van der Waals surface area contributed by atoms with Gasteiger partial charge in [0.15, 0.2) is 6.23 Å². The molecule has 0 radical (unpaired) electrons. The van der Waals surface area contributed by atoms with E-state index in [0.29, 0.717) is 24.2 Å². The van der Waals surface area contributed by atoms with E-state index in [1.54, 1.807) is 11.8 Å². The molecule has 0 bridgehead atoms. The van der Waals surface area contributed by atoms with Crippen molar-refractivity contribution in [1.82, 2.24) is 21.0 Å². The molecule has 1 amide bonds. The predicted octanol–water partition coefficient (Wildman–Crippen LogP) is -1.86. The number of hydrogen-bond donors (Lipinski definition) is 5. The summed E-state index contributed by atoms with van der Waals surface area (Å²) in [5.41, 5.74) is 3.38. The molecule has 0 aromatic carbocycles. The summed E-state index contributed by atoms with van der Waals surface area (Å²) in [7, 11) is 0. The Morgan fingerprint density at radius 1 is 1.12 bits per heavy atom. The van der Waals surface area contributed by atoms with Crippen LogP contribution >= 0.6 is 0 Å². The summed E-state index contributed by atoms with van der Waals surface area (Å²) in [4.78, 5) is 21.8. The fraction of sp³-hybridized carbons (Fsp3) is 0.958. The number of nitrogens with two attached hydrogens (primary N) is 1. The van der Waals surface area contributed by atoms with Crippen molar-refractivity contribution in [2.75, 3.05) is 45.9 Å². The first-order valence-corrected chi connectivity index (χ1v) is 13.6. The van der Waals surface area contributed by atoms with Crippen molar-refractivity contribution in [3.05, 3.63) is 0 Å². The van der Waals surface area contributed by atoms with Crippen LogP contribution in [0.2, 0.25) is 0 Å². The van der Waals surface area contributed by atoms with E-state index < -0.39 is 0 Å². The van der Waals surface area contributed by atoms with Gasteiger partial charge < -0.3 is 20.3 Å². The third-order valence-electron chi connectivity index (χ3n) is 8.90. The van der Waals surface area contributed by atoms with Gasteiger partial charge >= 0.3 is 0 Å². The molecule has 4 saturated heterocycles. The molecule has 6 unspecified atom stereocenters. The Labute approximate surface area is 198 Å². The smallest absolute Gasteiger partial charge is 0.217 e. The van der Waals surface area contributed by atoms with Gasteiger partial charge in [-0.15, -0.1) is 0 Å². The van der Waals surface area contributed by atoms with E-state index in [1.165, 1.54) is 51.6 Å². The van der Waals surface area contributed by atoms with Crippen LogP contribution in [0, 0.1) is 11.8 Å². The Hall–Kier alpha value is -0.810. The number of morpholine rings is 1. The van der Waals surface area contributed by atoms with Crippen molar-refractivity contribution in [1.29, 1.82) is 0 Å². The minimum atomic E-state index is 0.113. The summed E-state index contributed by atoms with van der Waals surface area (Å²) in [5.74, 6) is 1.50. The lowest BCUT2D eigenvalue weighted by Gasteiger charge is -2.37. The van der Waals surface area contributed by atoms with Gasteiger partial charge in [0.1, 0.15) is 12.2 Å². The highest BCUT2D eigenvalue weighted by Gasteiger charge is 2.44. The minimum absolute atomic E-state index is 0.113. The standard InChI is InChI=1S/C24H44N6O3/c1-17(31)26-20-7-4-18(5-8-20)16-30-10-2-3-21(30)24-27-23(28-33-24)19-6-9-22(25-15-19)29-11-13-32-14-12-29/h18-25,27-28H,2-16H2,1H3,(H,26,31)/p+2. The van der Waals surface area contributed by atoms with Gasteiger partial charge in [0.25, 0.3) is 0 Å². The van der Waals surface area contributed by atoms with Gasteiger partial charge in [-0.2, -0.15) is 5.48 Å². The number of rotatable bonds is 6. The van der Waals surface area contributed by atoms with E-state index in [1.807, 2.05) is 0 Å². The number of nitrogens with one attached hydrogen (secondary N) is 4. The third-order valence-corrected chi connectivity index (χ3v) is 8.90. The maximum absolute atomic E-state index is 11.3. The lowest BCUT2D eigenvalue weighted by atomic mass is 9.85. The van der Waals surface area contributed by atoms with Gasteiger partial charge in [-0.3, -0.25) is 14.9 Å². The zero-order valence-electron chi connectivity index (χ0n) is 20.4. The Kier molecular flexibility index (Phi) is 8.18. The van der Waals surface area contributed by atoms with Crippen LogP contribution in [-0.4, -0.2) is 87.4 Å². The second-order valence-electron chi connectivity index (χ2n) is 11.1. The lowest BCUT2D eigenvalue weighted by Crippen LogP contribution is -3.15. The first-order chi connectivity index (χ1) is 16.2. The fourth-order valence-electron chi connectivity index (χ4n) is 7.04. The number of quaternary nitrogens is 2. The van der Waals surface area contributed by atoms with E-state index in [9.17, 15) is 4.79 Å². The summed E-state index contributed by atoms with van der Waals surface area (Å²) >= 11 is 0. The van der Waals surface area contributed by atoms with Crippen molar-refractivity contribution in [2.45, 2.75) is 88.9 Å². The van der Waals surface area contributed by atoms with Gasteiger partial charge in [0.2, 0.25) is 5.91 Å². The molecule has 5 aliphatic rings. The SMILES string of the molecule is CC(=O)NC1CCC(C[NH+]2CCCC2C2NC(C3CCC(N4CCOCC4)[NH2+]C3)NO2)CC1. The molecule has 5 fully saturated rings. The molecule has 1 saturated carbocycles. The van der Waals surface area contributed by atoms with Crippen LogP contribution < -0.4 is 26.3 Å². The molecule has 33 heavy (non-hydrogen) atoms. The zero-order chi connectivity index (χ0) is 22.6. The van der Waals surface area contributed by atoms with E-state index in [-0.39, 0.29) is 18.3 Å². The number of hydroxylamine groups is 1. The number of piperidine rings is 1. The Bertz CT molecular complexity index is 632. The maximum atomic E-state index is 11.3. The van der Waals surface area contributed by atoms with Crippen LogP contribution in [0.1, 0.15) is 58.3 Å². The quantitative estimate of drug-likeness (QED) is 0.315. The van der Waals surface area contributed by atoms with Crippen molar-refractivity contribution >= 4 is 5.91 Å². The average molecular weight is 467 g/mol. The van der Waals surface area contributed by atoms with Gasteiger partial charge in [0.05, 0.1) is 39.0 Å². The third kappa shape index (κ3) is 6.07.